The molecule has 1 saturated carbocycles. The first kappa shape index (κ1) is 11.9. The third-order valence-electron chi connectivity index (χ3n) is 2.41. The molecule has 0 heterocycles. The van der Waals surface area contributed by atoms with Crippen molar-refractivity contribution in [1.82, 2.24) is 0 Å². The highest BCUT2D eigenvalue weighted by molar-refractivity contribution is 9.10. The molecule has 6 heteroatoms. The standard InChI is InChI=1S/C10H9Br2NO3/c11-6-1-8(13(14)15)5-10(2-6)16-9-3-7(12)4-9/h1-2,5,7,9H,3-4H2. The van der Waals surface area contributed by atoms with Crippen LogP contribution < -0.4 is 4.74 Å². The lowest BCUT2D eigenvalue weighted by atomic mass is 9.96. The Hall–Kier alpha value is -0.620. The number of benzene rings is 1. The number of nitro groups is 1. The van der Waals surface area contributed by atoms with Crippen LogP contribution in [0.5, 0.6) is 5.75 Å². The van der Waals surface area contributed by atoms with Crippen LogP contribution in [-0.2, 0) is 0 Å². The predicted octanol–water partition coefficient (Wildman–Crippen LogP) is 3.66. The molecule has 1 aliphatic carbocycles. The van der Waals surface area contributed by atoms with E-state index in [-0.39, 0.29) is 11.8 Å². The Morgan fingerprint density at radius 3 is 2.62 bits per heavy atom. The van der Waals surface area contributed by atoms with Gasteiger partial charge in [0.05, 0.1) is 11.0 Å². The lowest BCUT2D eigenvalue weighted by molar-refractivity contribution is -0.385. The van der Waals surface area contributed by atoms with Gasteiger partial charge < -0.3 is 4.74 Å². The van der Waals surface area contributed by atoms with Crippen molar-refractivity contribution in [3.8, 4) is 5.75 Å². The number of nitro benzene ring substituents is 1. The molecule has 16 heavy (non-hydrogen) atoms. The molecule has 0 bridgehead atoms. The quantitative estimate of drug-likeness (QED) is 0.475. The van der Waals surface area contributed by atoms with Crippen LogP contribution in [0.1, 0.15) is 12.8 Å². The molecule has 0 aliphatic heterocycles. The summed E-state index contributed by atoms with van der Waals surface area (Å²) in [6.07, 6.45) is 2.05. The second-order valence-electron chi connectivity index (χ2n) is 3.71. The summed E-state index contributed by atoms with van der Waals surface area (Å²) in [5, 5.41) is 10.6. The zero-order valence-electron chi connectivity index (χ0n) is 8.23. The number of rotatable bonds is 3. The second kappa shape index (κ2) is 4.71. The predicted molar refractivity (Wildman–Crippen MR) is 67.2 cm³/mol. The Morgan fingerprint density at radius 1 is 1.38 bits per heavy atom. The van der Waals surface area contributed by atoms with Gasteiger partial charge in [-0.3, -0.25) is 10.1 Å². The van der Waals surface area contributed by atoms with Crippen molar-refractivity contribution in [2.24, 2.45) is 0 Å². The van der Waals surface area contributed by atoms with Gasteiger partial charge in [-0.2, -0.15) is 0 Å². The van der Waals surface area contributed by atoms with Gasteiger partial charge in [0.25, 0.3) is 5.69 Å². The minimum absolute atomic E-state index is 0.0408. The Labute approximate surface area is 109 Å². The third kappa shape index (κ3) is 2.74. The highest BCUT2D eigenvalue weighted by atomic mass is 79.9. The fourth-order valence-corrected chi connectivity index (χ4v) is 2.81. The van der Waals surface area contributed by atoms with E-state index in [1.54, 1.807) is 6.07 Å². The average molecular weight is 351 g/mol. The van der Waals surface area contributed by atoms with Gasteiger partial charge in [0, 0.05) is 15.4 Å². The van der Waals surface area contributed by atoms with E-state index in [1.165, 1.54) is 12.1 Å². The van der Waals surface area contributed by atoms with Gasteiger partial charge in [0.15, 0.2) is 0 Å². The first-order valence-electron chi connectivity index (χ1n) is 4.80. The smallest absolute Gasteiger partial charge is 0.274 e. The Bertz CT molecular complexity index is 419. The Morgan fingerprint density at radius 2 is 2.06 bits per heavy atom. The van der Waals surface area contributed by atoms with Crippen molar-refractivity contribution < 1.29 is 9.66 Å². The van der Waals surface area contributed by atoms with Crippen molar-refractivity contribution in [3.63, 3.8) is 0 Å². The summed E-state index contributed by atoms with van der Waals surface area (Å²) in [7, 11) is 0. The fraction of sp³-hybridized carbons (Fsp3) is 0.400. The van der Waals surface area contributed by atoms with Gasteiger partial charge in [-0.05, 0) is 18.9 Å². The normalized spacial score (nSPS) is 23.6. The Kier molecular flexibility index (Phi) is 3.49. The molecule has 86 valence electrons. The number of ether oxygens (including phenoxy) is 1. The molecule has 1 fully saturated rings. The summed E-state index contributed by atoms with van der Waals surface area (Å²) >= 11 is 6.70. The molecule has 0 spiro atoms. The molecule has 4 nitrogen and oxygen atoms in total. The number of nitrogens with zero attached hydrogens (tertiary/aromatic N) is 1. The second-order valence-corrected chi connectivity index (χ2v) is 5.92. The topological polar surface area (TPSA) is 52.4 Å². The van der Waals surface area contributed by atoms with Crippen LogP contribution in [0.25, 0.3) is 0 Å². The SMILES string of the molecule is O=[N+]([O-])c1cc(Br)cc(OC2CC(Br)C2)c1. The van der Waals surface area contributed by atoms with Crippen LogP contribution in [0, 0.1) is 10.1 Å². The summed E-state index contributed by atoms with van der Waals surface area (Å²) in [6, 6.07) is 4.65. The summed E-state index contributed by atoms with van der Waals surface area (Å²) in [5.74, 6) is 0.547. The van der Waals surface area contributed by atoms with E-state index in [2.05, 4.69) is 31.9 Å². The Balaban J connectivity index is 2.11. The number of alkyl halides is 1. The first-order valence-corrected chi connectivity index (χ1v) is 6.51. The number of halogens is 2. The van der Waals surface area contributed by atoms with Crippen molar-refractivity contribution in [3.05, 3.63) is 32.8 Å². The minimum Gasteiger partial charge on any atom is -0.490 e. The van der Waals surface area contributed by atoms with Crippen LogP contribution in [0.4, 0.5) is 5.69 Å². The highest BCUT2D eigenvalue weighted by Gasteiger charge is 2.28. The molecule has 0 saturated heterocycles. The van der Waals surface area contributed by atoms with Crippen LogP contribution in [0.15, 0.2) is 22.7 Å². The van der Waals surface area contributed by atoms with Crippen LogP contribution in [0.2, 0.25) is 0 Å². The molecule has 1 aliphatic rings. The molecule has 1 aromatic carbocycles. The fourth-order valence-electron chi connectivity index (χ4n) is 1.51. The number of hydrogen-bond acceptors (Lipinski definition) is 3. The van der Waals surface area contributed by atoms with Gasteiger partial charge >= 0.3 is 0 Å². The molecule has 0 aromatic heterocycles. The van der Waals surface area contributed by atoms with E-state index in [9.17, 15) is 10.1 Å². The number of non-ortho nitro benzene ring substituents is 1. The van der Waals surface area contributed by atoms with Crippen molar-refractivity contribution >= 4 is 37.5 Å². The molecule has 0 amide bonds. The lowest BCUT2D eigenvalue weighted by Crippen LogP contribution is -2.33. The monoisotopic (exact) mass is 349 g/mol. The average Bonchev–Trinajstić information content (AvgIpc) is 2.14. The maximum absolute atomic E-state index is 10.6. The molecule has 0 N–H and O–H groups in total. The van der Waals surface area contributed by atoms with Gasteiger partial charge in [-0.15, -0.1) is 0 Å². The highest BCUT2D eigenvalue weighted by Crippen LogP contribution is 2.33. The molecule has 0 atom stereocenters. The van der Waals surface area contributed by atoms with E-state index in [1.807, 2.05) is 0 Å². The molecular formula is C10H9Br2NO3. The summed E-state index contributed by atoms with van der Waals surface area (Å²) in [6.45, 7) is 0. The summed E-state index contributed by atoms with van der Waals surface area (Å²) in [5.41, 5.74) is 0.0408. The van der Waals surface area contributed by atoms with E-state index in [4.69, 9.17) is 4.74 Å². The molecule has 1 aromatic rings. The third-order valence-corrected chi connectivity index (χ3v) is 3.61. The maximum atomic E-state index is 10.6. The number of hydrogen-bond donors (Lipinski definition) is 0. The zero-order valence-corrected chi connectivity index (χ0v) is 11.4. The molecule has 0 radical (unpaired) electrons. The molecule has 0 unspecified atom stereocenters. The van der Waals surface area contributed by atoms with Gasteiger partial charge in [-0.1, -0.05) is 31.9 Å². The van der Waals surface area contributed by atoms with Gasteiger partial charge in [0.2, 0.25) is 0 Å². The van der Waals surface area contributed by atoms with E-state index >= 15 is 0 Å². The molecule has 2 rings (SSSR count). The summed E-state index contributed by atoms with van der Waals surface area (Å²) in [4.78, 5) is 10.7. The lowest BCUT2D eigenvalue weighted by Gasteiger charge is -2.31. The largest absolute Gasteiger partial charge is 0.490 e. The maximum Gasteiger partial charge on any atom is 0.274 e. The van der Waals surface area contributed by atoms with Gasteiger partial charge in [-0.25, -0.2) is 0 Å². The minimum atomic E-state index is -0.425. The van der Waals surface area contributed by atoms with Crippen LogP contribution >= 0.6 is 31.9 Å². The van der Waals surface area contributed by atoms with E-state index < -0.39 is 4.92 Å². The van der Waals surface area contributed by atoms with Crippen LogP contribution in [0.3, 0.4) is 0 Å². The van der Waals surface area contributed by atoms with Crippen molar-refractivity contribution in [2.75, 3.05) is 0 Å². The van der Waals surface area contributed by atoms with Crippen molar-refractivity contribution in [2.45, 2.75) is 23.8 Å². The zero-order chi connectivity index (χ0) is 11.7. The van der Waals surface area contributed by atoms with Crippen LogP contribution in [-0.4, -0.2) is 15.9 Å². The first-order chi connectivity index (χ1) is 7.54. The summed E-state index contributed by atoms with van der Waals surface area (Å²) < 4.78 is 6.29. The van der Waals surface area contributed by atoms with Crippen molar-refractivity contribution in [1.29, 1.82) is 0 Å². The van der Waals surface area contributed by atoms with Gasteiger partial charge in [0.1, 0.15) is 11.9 Å². The van der Waals surface area contributed by atoms with E-state index in [0.29, 0.717) is 15.0 Å². The van der Waals surface area contributed by atoms with E-state index in [0.717, 1.165) is 12.8 Å². The molecular weight excluding hydrogens is 342 g/mol.